The Hall–Kier alpha value is -2.20. The number of hydrogen-bond acceptors (Lipinski definition) is 3. The van der Waals surface area contributed by atoms with Crippen molar-refractivity contribution in [1.82, 2.24) is 5.32 Å². The summed E-state index contributed by atoms with van der Waals surface area (Å²) in [5.41, 5.74) is 4.64. The quantitative estimate of drug-likeness (QED) is 0.491. The van der Waals surface area contributed by atoms with Crippen molar-refractivity contribution in [3.63, 3.8) is 0 Å². The number of methoxy groups -OCH3 is 1. The molecular formula is C23H25Cl2NO2. The molecule has 0 fully saturated rings. The maximum atomic E-state index is 6.19. The van der Waals surface area contributed by atoms with Gasteiger partial charge in [-0.3, -0.25) is 0 Å². The van der Waals surface area contributed by atoms with Gasteiger partial charge in [-0.05, 0) is 36.2 Å². The molecule has 0 saturated heterocycles. The Balaban J connectivity index is 0.00000280. The highest BCUT2D eigenvalue weighted by Crippen LogP contribution is 2.29. The van der Waals surface area contributed by atoms with Gasteiger partial charge in [-0.15, -0.1) is 12.4 Å². The second-order valence-corrected chi connectivity index (χ2v) is 6.86. The van der Waals surface area contributed by atoms with Gasteiger partial charge >= 0.3 is 0 Å². The van der Waals surface area contributed by atoms with Crippen LogP contribution < -0.4 is 14.8 Å². The molecule has 5 heteroatoms. The van der Waals surface area contributed by atoms with Crippen molar-refractivity contribution in [1.29, 1.82) is 0 Å². The molecule has 0 heterocycles. The van der Waals surface area contributed by atoms with Crippen LogP contribution in [0, 0.1) is 6.92 Å². The van der Waals surface area contributed by atoms with Crippen LogP contribution in [0.3, 0.4) is 0 Å². The van der Waals surface area contributed by atoms with E-state index in [1.165, 1.54) is 11.1 Å². The molecule has 0 amide bonds. The maximum Gasteiger partial charge on any atom is 0.161 e. The predicted molar refractivity (Wildman–Crippen MR) is 118 cm³/mol. The van der Waals surface area contributed by atoms with Gasteiger partial charge in [0.1, 0.15) is 6.61 Å². The molecule has 0 atom stereocenters. The van der Waals surface area contributed by atoms with Crippen molar-refractivity contribution >= 4 is 24.0 Å². The van der Waals surface area contributed by atoms with Crippen LogP contribution in [0.5, 0.6) is 11.5 Å². The summed E-state index contributed by atoms with van der Waals surface area (Å²) in [6.45, 7) is 4.09. The van der Waals surface area contributed by atoms with Crippen LogP contribution in [0.4, 0.5) is 0 Å². The molecule has 0 bridgehead atoms. The lowest BCUT2D eigenvalue weighted by molar-refractivity contribution is 0.284. The zero-order chi connectivity index (χ0) is 19.1. The second kappa shape index (κ2) is 11.0. The van der Waals surface area contributed by atoms with Crippen LogP contribution in [0.1, 0.15) is 22.3 Å². The number of rotatable bonds is 8. The summed E-state index contributed by atoms with van der Waals surface area (Å²) in [6.07, 6.45) is 0. The first-order chi connectivity index (χ1) is 13.2. The largest absolute Gasteiger partial charge is 0.493 e. The highest BCUT2D eigenvalue weighted by Gasteiger charge is 2.07. The zero-order valence-corrected chi connectivity index (χ0v) is 17.6. The third kappa shape index (κ3) is 6.16. The van der Waals surface area contributed by atoms with E-state index in [1.54, 1.807) is 7.11 Å². The van der Waals surface area contributed by atoms with Crippen LogP contribution >= 0.6 is 24.0 Å². The lowest BCUT2D eigenvalue weighted by Gasteiger charge is -2.13. The molecule has 0 spiro atoms. The molecule has 3 aromatic rings. The normalized spacial score (nSPS) is 10.2. The van der Waals surface area contributed by atoms with Crippen molar-refractivity contribution in [2.75, 3.05) is 7.11 Å². The van der Waals surface area contributed by atoms with Gasteiger partial charge in [-0.2, -0.15) is 0 Å². The Kier molecular flexibility index (Phi) is 8.65. The van der Waals surface area contributed by atoms with Crippen molar-refractivity contribution in [3.8, 4) is 11.5 Å². The Morgan fingerprint density at radius 1 is 0.857 bits per heavy atom. The lowest BCUT2D eigenvalue weighted by atomic mass is 10.1. The molecule has 0 aliphatic carbocycles. The van der Waals surface area contributed by atoms with Gasteiger partial charge in [0, 0.05) is 23.7 Å². The minimum atomic E-state index is 0. The van der Waals surface area contributed by atoms with E-state index in [0.29, 0.717) is 17.4 Å². The predicted octanol–water partition coefficient (Wildman–Crippen LogP) is 5.95. The molecule has 148 valence electrons. The molecule has 1 N–H and O–H groups in total. The molecular weight excluding hydrogens is 393 g/mol. The lowest BCUT2D eigenvalue weighted by Crippen LogP contribution is -2.12. The molecule has 0 aliphatic heterocycles. The van der Waals surface area contributed by atoms with Gasteiger partial charge in [-0.25, -0.2) is 0 Å². The molecule has 0 radical (unpaired) electrons. The molecule has 3 aromatic carbocycles. The number of halogens is 2. The maximum absolute atomic E-state index is 6.19. The van der Waals surface area contributed by atoms with E-state index in [4.69, 9.17) is 21.1 Å². The number of nitrogens with one attached hydrogen (secondary N) is 1. The van der Waals surface area contributed by atoms with Gasteiger partial charge < -0.3 is 14.8 Å². The topological polar surface area (TPSA) is 30.5 Å². The van der Waals surface area contributed by atoms with E-state index < -0.39 is 0 Å². The summed E-state index contributed by atoms with van der Waals surface area (Å²) in [5.74, 6) is 1.43. The first-order valence-electron chi connectivity index (χ1n) is 8.95. The van der Waals surface area contributed by atoms with E-state index in [9.17, 15) is 0 Å². The minimum Gasteiger partial charge on any atom is -0.493 e. The Morgan fingerprint density at radius 3 is 2.25 bits per heavy atom. The number of benzene rings is 3. The number of hydrogen-bond donors (Lipinski definition) is 1. The third-order valence-electron chi connectivity index (χ3n) is 4.35. The van der Waals surface area contributed by atoms with Gasteiger partial charge in [0.25, 0.3) is 0 Å². The van der Waals surface area contributed by atoms with Gasteiger partial charge in [0.05, 0.1) is 7.11 Å². The molecule has 0 aromatic heterocycles. The van der Waals surface area contributed by atoms with E-state index in [1.807, 2.05) is 42.5 Å². The van der Waals surface area contributed by atoms with Crippen LogP contribution in [0.25, 0.3) is 0 Å². The fourth-order valence-corrected chi connectivity index (χ4v) is 2.96. The highest BCUT2D eigenvalue weighted by molar-refractivity contribution is 6.31. The molecule has 0 saturated carbocycles. The first kappa shape index (κ1) is 22.1. The number of aryl methyl sites for hydroxylation is 1. The summed E-state index contributed by atoms with van der Waals surface area (Å²) >= 11 is 6.19. The van der Waals surface area contributed by atoms with E-state index >= 15 is 0 Å². The van der Waals surface area contributed by atoms with Crippen LogP contribution in [-0.4, -0.2) is 7.11 Å². The molecule has 0 unspecified atom stereocenters. The van der Waals surface area contributed by atoms with Crippen molar-refractivity contribution in [2.24, 2.45) is 0 Å². The SMILES string of the molecule is COc1cc(CNCc2ccc(C)cc2)ccc1OCc1ccccc1Cl.Cl. The Morgan fingerprint density at radius 2 is 1.54 bits per heavy atom. The summed E-state index contributed by atoms with van der Waals surface area (Å²) in [6, 6.07) is 22.2. The standard InChI is InChI=1S/C23H24ClNO2.ClH/c1-17-7-9-18(10-8-17)14-25-15-19-11-12-22(23(13-19)26-2)27-16-20-5-3-4-6-21(20)24;/h3-13,25H,14-16H2,1-2H3;1H. The first-order valence-corrected chi connectivity index (χ1v) is 9.33. The van der Waals surface area contributed by atoms with E-state index in [0.717, 1.165) is 30.0 Å². The molecule has 0 aliphatic rings. The average molecular weight is 418 g/mol. The summed E-state index contributed by atoms with van der Waals surface area (Å²) in [4.78, 5) is 0. The monoisotopic (exact) mass is 417 g/mol. The van der Waals surface area contributed by atoms with Gasteiger partial charge in [-0.1, -0.05) is 65.7 Å². The highest BCUT2D eigenvalue weighted by atomic mass is 35.5. The summed E-state index contributed by atoms with van der Waals surface area (Å²) in [7, 11) is 1.65. The van der Waals surface area contributed by atoms with E-state index in [2.05, 4.69) is 36.5 Å². The van der Waals surface area contributed by atoms with Crippen molar-refractivity contribution in [2.45, 2.75) is 26.6 Å². The van der Waals surface area contributed by atoms with Crippen molar-refractivity contribution < 1.29 is 9.47 Å². The van der Waals surface area contributed by atoms with Crippen LogP contribution in [0.2, 0.25) is 5.02 Å². The molecule has 28 heavy (non-hydrogen) atoms. The fraction of sp³-hybridized carbons (Fsp3) is 0.217. The molecule has 3 nitrogen and oxygen atoms in total. The smallest absolute Gasteiger partial charge is 0.161 e. The van der Waals surface area contributed by atoms with Gasteiger partial charge in [0.2, 0.25) is 0 Å². The number of ether oxygens (including phenoxy) is 2. The Bertz CT molecular complexity index is 882. The average Bonchev–Trinajstić information content (AvgIpc) is 2.69. The zero-order valence-electron chi connectivity index (χ0n) is 16.1. The Labute approximate surface area is 178 Å². The van der Waals surface area contributed by atoms with Crippen LogP contribution in [-0.2, 0) is 19.7 Å². The van der Waals surface area contributed by atoms with Gasteiger partial charge in [0.15, 0.2) is 11.5 Å². The minimum absolute atomic E-state index is 0. The second-order valence-electron chi connectivity index (χ2n) is 6.45. The summed E-state index contributed by atoms with van der Waals surface area (Å²) in [5, 5.41) is 4.16. The summed E-state index contributed by atoms with van der Waals surface area (Å²) < 4.78 is 11.4. The fourth-order valence-electron chi connectivity index (χ4n) is 2.77. The molecule has 3 rings (SSSR count). The third-order valence-corrected chi connectivity index (χ3v) is 4.72. The van der Waals surface area contributed by atoms with E-state index in [-0.39, 0.29) is 12.4 Å². The van der Waals surface area contributed by atoms with Crippen LogP contribution in [0.15, 0.2) is 66.7 Å². The van der Waals surface area contributed by atoms with Crippen molar-refractivity contribution in [3.05, 3.63) is 94.0 Å².